The van der Waals surface area contributed by atoms with Gasteiger partial charge in [0.2, 0.25) is 0 Å². The molecule has 0 bridgehead atoms. The first-order valence-electron chi connectivity index (χ1n) is 18.0. The van der Waals surface area contributed by atoms with E-state index in [4.69, 9.17) is 0 Å². The zero-order valence-electron chi connectivity index (χ0n) is 29.0. The number of benzene rings is 8. The summed E-state index contributed by atoms with van der Waals surface area (Å²) in [4.78, 5) is 2.37. The van der Waals surface area contributed by atoms with Gasteiger partial charge in [0.25, 0.3) is 0 Å². The summed E-state index contributed by atoms with van der Waals surface area (Å²) >= 11 is 1.93. The number of anilines is 3. The van der Waals surface area contributed by atoms with Crippen LogP contribution >= 0.6 is 11.3 Å². The van der Waals surface area contributed by atoms with E-state index in [1.165, 1.54) is 86.4 Å². The van der Waals surface area contributed by atoms with Crippen molar-refractivity contribution in [3.8, 4) is 16.8 Å². The molecule has 2 aromatic heterocycles. The summed E-state index contributed by atoms with van der Waals surface area (Å²) in [6, 6.07) is 62.5. The summed E-state index contributed by atoms with van der Waals surface area (Å²) in [5, 5.41) is 7.89. The average molecular weight is 683 g/mol. The van der Waals surface area contributed by atoms with Crippen molar-refractivity contribution >= 4 is 81.1 Å². The highest BCUT2D eigenvalue weighted by molar-refractivity contribution is 7.26. The van der Waals surface area contributed by atoms with Crippen LogP contribution in [0.3, 0.4) is 0 Å². The first-order valence-corrected chi connectivity index (χ1v) is 18.8. The molecule has 0 amide bonds. The van der Waals surface area contributed by atoms with Gasteiger partial charge in [0, 0.05) is 53.1 Å². The molecule has 0 aliphatic carbocycles. The topological polar surface area (TPSA) is 8.17 Å². The van der Waals surface area contributed by atoms with Crippen molar-refractivity contribution in [1.82, 2.24) is 4.57 Å². The second-order valence-electron chi connectivity index (χ2n) is 14.5. The highest BCUT2D eigenvalue weighted by Crippen LogP contribution is 2.52. The van der Waals surface area contributed by atoms with Gasteiger partial charge in [0.1, 0.15) is 0 Å². The number of hydrogen-bond acceptors (Lipinski definition) is 2. The molecule has 0 radical (unpaired) electrons. The summed E-state index contributed by atoms with van der Waals surface area (Å²) in [6.07, 6.45) is 0. The Hall–Kier alpha value is -6.16. The van der Waals surface area contributed by atoms with E-state index in [-0.39, 0.29) is 5.41 Å². The second-order valence-corrected chi connectivity index (χ2v) is 15.6. The van der Waals surface area contributed by atoms with E-state index in [9.17, 15) is 0 Å². The standard InChI is InChI=1S/C49H34N2S/c1-49(2)40-29-33(31-23-26-35(27-24-31)50(34-15-4-3-5-16-34)42-21-12-14-32-13-6-7-17-36(32)42)25-28-44(40)51-43-20-10-8-19-38(43)46-47(51)41(49)30-39-37-18-9-11-22-45(37)52-48(39)46/h3-30H,1-2H3. The Morgan fingerprint density at radius 3 is 2.04 bits per heavy atom. The van der Waals surface area contributed by atoms with E-state index < -0.39 is 0 Å². The predicted octanol–water partition coefficient (Wildman–Crippen LogP) is 14.1. The van der Waals surface area contributed by atoms with Crippen molar-refractivity contribution < 1.29 is 0 Å². The Morgan fingerprint density at radius 2 is 1.19 bits per heavy atom. The highest BCUT2D eigenvalue weighted by atomic mass is 32.1. The fraction of sp³-hybridized carbons (Fsp3) is 0.0612. The minimum atomic E-state index is -0.205. The lowest BCUT2D eigenvalue weighted by atomic mass is 9.73. The normalized spacial score (nSPS) is 13.3. The van der Waals surface area contributed by atoms with Crippen LogP contribution in [0.4, 0.5) is 17.1 Å². The van der Waals surface area contributed by atoms with Gasteiger partial charge < -0.3 is 9.47 Å². The summed E-state index contributed by atoms with van der Waals surface area (Å²) in [5.74, 6) is 0. The first-order chi connectivity index (χ1) is 25.6. The molecule has 0 unspecified atom stereocenters. The fourth-order valence-electron chi connectivity index (χ4n) is 8.83. The molecule has 3 heterocycles. The molecule has 1 aliphatic heterocycles. The fourth-order valence-corrected chi connectivity index (χ4v) is 10.1. The third-order valence-corrected chi connectivity index (χ3v) is 12.5. The van der Waals surface area contributed by atoms with E-state index >= 15 is 0 Å². The molecule has 0 saturated heterocycles. The number of fused-ring (bicyclic) bond motifs is 10. The maximum atomic E-state index is 2.54. The van der Waals surface area contributed by atoms with Crippen LogP contribution in [0.25, 0.3) is 69.6 Å². The number of thiophene rings is 1. The van der Waals surface area contributed by atoms with Gasteiger partial charge in [-0.2, -0.15) is 0 Å². The van der Waals surface area contributed by atoms with Crippen LogP contribution < -0.4 is 4.90 Å². The Labute approximate surface area is 306 Å². The number of nitrogens with zero attached hydrogens (tertiary/aromatic N) is 2. The van der Waals surface area contributed by atoms with Crippen LogP contribution in [0.5, 0.6) is 0 Å². The second kappa shape index (κ2) is 10.9. The Kier molecular flexibility index (Phi) is 6.21. The Balaban J connectivity index is 1.08. The van der Waals surface area contributed by atoms with Crippen molar-refractivity contribution in [2.24, 2.45) is 0 Å². The molecule has 1 aliphatic rings. The molecule has 8 aromatic carbocycles. The lowest BCUT2D eigenvalue weighted by Crippen LogP contribution is -2.26. The molecule has 11 rings (SSSR count). The van der Waals surface area contributed by atoms with E-state index in [1.54, 1.807) is 0 Å². The maximum absolute atomic E-state index is 2.54. The van der Waals surface area contributed by atoms with Gasteiger partial charge in [-0.05, 0) is 88.3 Å². The van der Waals surface area contributed by atoms with Crippen LogP contribution in [0.15, 0.2) is 170 Å². The van der Waals surface area contributed by atoms with E-state index in [0.717, 1.165) is 11.4 Å². The smallest absolute Gasteiger partial charge is 0.0596 e. The summed E-state index contributed by atoms with van der Waals surface area (Å²) in [5.41, 5.74) is 12.3. The molecular formula is C49H34N2S. The molecule has 2 nitrogen and oxygen atoms in total. The molecule has 10 aromatic rings. The summed E-state index contributed by atoms with van der Waals surface area (Å²) in [6.45, 7) is 4.83. The molecule has 246 valence electrons. The first kappa shape index (κ1) is 29.6. The summed E-state index contributed by atoms with van der Waals surface area (Å²) < 4.78 is 5.28. The Morgan fingerprint density at radius 1 is 0.519 bits per heavy atom. The number of hydrogen-bond donors (Lipinski definition) is 0. The van der Waals surface area contributed by atoms with Crippen LogP contribution in [0.1, 0.15) is 25.0 Å². The lowest BCUT2D eigenvalue weighted by Gasteiger charge is -2.35. The minimum absolute atomic E-state index is 0.205. The third kappa shape index (κ3) is 4.11. The number of aromatic nitrogens is 1. The van der Waals surface area contributed by atoms with E-state index in [2.05, 4.69) is 193 Å². The van der Waals surface area contributed by atoms with Crippen molar-refractivity contribution in [2.75, 3.05) is 4.90 Å². The minimum Gasteiger partial charge on any atom is -0.310 e. The van der Waals surface area contributed by atoms with E-state index in [0.29, 0.717) is 0 Å². The molecule has 0 N–H and O–H groups in total. The maximum Gasteiger partial charge on any atom is 0.0596 e. The quantitative estimate of drug-likeness (QED) is 0.179. The molecule has 3 heteroatoms. The van der Waals surface area contributed by atoms with Gasteiger partial charge in [-0.15, -0.1) is 11.3 Å². The predicted molar refractivity (Wildman–Crippen MR) is 223 cm³/mol. The number of rotatable bonds is 4. The van der Waals surface area contributed by atoms with Crippen LogP contribution in [0, 0.1) is 0 Å². The summed E-state index contributed by atoms with van der Waals surface area (Å²) in [7, 11) is 0. The molecule has 52 heavy (non-hydrogen) atoms. The highest BCUT2D eigenvalue weighted by Gasteiger charge is 2.36. The van der Waals surface area contributed by atoms with Crippen molar-refractivity contribution in [1.29, 1.82) is 0 Å². The monoisotopic (exact) mass is 682 g/mol. The molecular weight excluding hydrogens is 649 g/mol. The van der Waals surface area contributed by atoms with Gasteiger partial charge in [-0.1, -0.05) is 123 Å². The van der Waals surface area contributed by atoms with Crippen LogP contribution in [-0.2, 0) is 5.41 Å². The van der Waals surface area contributed by atoms with Crippen molar-refractivity contribution in [3.63, 3.8) is 0 Å². The van der Waals surface area contributed by atoms with Crippen LogP contribution in [-0.4, -0.2) is 4.57 Å². The van der Waals surface area contributed by atoms with Crippen molar-refractivity contribution in [3.05, 3.63) is 181 Å². The van der Waals surface area contributed by atoms with Crippen LogP contribution in [0.2, 0.25) is 0 Å². The SMILES string of the molecule is CC1(C)c2cc(-c3ccc(N(c4ccccc4)c4cccc5ccccc45)cc3)ccc2-n2c3ccccc3c3c4sc5ccccc5c4cc1c32. The van der Waals surface area contributed by atoms with Gasteiger partial charge >= 0.3 is 0 Å². The molecule has 0 spiro atoms. The molecule has 0 saturated carbocycles. The zero-order valence-corrected chi connectivity index (χ0v) is 29.8. The van der Waals surface area contributed by atoms with E-state index in [1.807, 2.05) is 11.3 Å². The van der Waals surface area contributed by atoms with Gasteiger partial charge in [0.15, 0.2) is 0 Å². The van der Waals surface area contributed by atoms with Crippen molar-refractivity contribution in [2.45, 2.75) is 19.3 Å². The van der Waals surface area contributed by atoms with Gasteiger partial charge in [-0.25, -0.2) is 0 Å². The largest absolute Gasteiger partial charge is 0.310 e. The lowest BCUT2D eigenvalue weighted by molar-refractivity contribution is 0.631. The number of para-hydroxylation sites is 2. The van der Waals surface area contributed by atoms with Gasteiger partial charge in [-0.3, -0.25) is 0 Å². The molecule has 0 fully saturated rings. The Bertz CT molecular complexity index is 3030. The van der Waals surface area contributed by atoms with Gasteiger partial charge in [0.05, 0.1) is 22.4 Å². The third-order valence-electron chi connectivity index (χ3n) is 11.3. The molecule has 0 atom stereocenters. The average Bonchev–Trinajstić information content (AvgIpc) is 3.74. The zero-order chi connectivity index (χ0) is 34.6.